The first kappa shape index (κ1) is 39.8. The molecule has 0 aliphatic carbocycles. The van der Waals surface area contributed by atoms with E-state index in [0.717, 1.165) is 84.0 Å². The van der Waals surface area contributed by atoms with Gasteiger partial charge in [-0.15, -0.1) is 0 Å². The molecule has 0 fully saturated rings. The van der Waals surface area contributed by atoms with Crippen LogP contribution in [0.15, 0.2) is 206 Å². The summed E-state index contributed by atoms with van der Waals surface area (Å²) in [6.45, 7) is 9.02. The third-order valence-electron chi connectivity index (χ3n) is 13.0. The van der Waals surface area contributed by atoms with E-state index in [4.69, 9.17) is 9.72 Å². The van der Waals surface area contributed by atoms with E-state index in [-0.39, 0.29) is 0 Å². The van der Waals surface area contributed by atoms with E-state index in [1.165, 1.54) is 22.1 Å². The van der Waals surface area contributed by atoms with Crippen molar-refractivity contribution in [2.24, 2.45) is 5.92 Å². The standard InChI is InChI=1S/C60H48N4O/c1-40(2)42(4)46-33-34-61-58(36-46)64-55-32-29-47(43-18-8-5-9-19-43)35-54(55)53-31-30-50(38-57(53)64)65-49-25-15-24-48(37-49)62-39-63(59-41(3)17-14-28-56(59)62)60-51(44-20-10-6-11-21-44)26-16-27-52(60)45-22-12-7-13-23-45/h5-38,40,42H,1-4H3. The van der Waals surface area contributed by atoms with Gasteiger partial charge in [0, 0.05) is 23.0 Å². The van der Waals surface area contributed by atoms with Crippen LogP contribution in [0.3, 0.4) is 0 Å². The van der Waals surface area contributed by atoms with Gasteiger partial charge < -0.3 is 4.74 Å². The Kier molecular flexibility index (Phi) is 10.2. The van der Waals surface area contributed by atoms with Crippen molar-refractivity contribution in [1.29, 1.82) is 0 Å². The van der Waals surface area contributed by atoms with Crippen LogP contribution in [0.2, 0.25) is 0 Å². The normalized spacial score (nSPS) is 12.1. The molecule has 1 unspecified atom stereocenters. The molecule has 5 heteroatoms. The number of rotatable bonds is 10. The fraction of sp³-hybridized carbons (Fsp3) is 0.100. The summed E-state index contributed by atoms with van der Waals surface area (Å²) in [6, 6.07) is 70.8. The second-order valence-corrected chi connectivity index (χ2v) is 17.3. The number of benzene rings is 8. The largest absolute Gasteiger partial charge is 0.458 e. The van der Waals surface area contributed by atoms with Crippen LogP contribution in [0.4, 0.5) is 0 Å². The minimum absolute atomic E-state index is 0.387. The number of fused-ring (bicyclic) bond motifs is 4. The zero-order valence-corrected chi connectivity index (χ0v) is 37.0. The zero-order valence-electron chi connectivity index (χ0n) is 37.0. The molecule has 3 heterocycles. The Morgan fingerprint density at radius 3 is 1.89 bits per heavy atom. The van der Waals surface area contributed by atoms with Crippen LogP contribution in [0, 0.1) is 19.2 Å². The summed E-state index contributed by atoms with van der Waals surface area (Å²) in [4.78, 5) is 4.98. The van der Waals surface area contributed by atoms with E-state index in [9.17, 15) is 0 Å². The average molecular weight is 841 g/mol. The van der Waals surface area contributed by atoms with Crippen molar-refractivity contribution in [3.8, 4) is 62.1 Å². The van der Waals surface area contributed by atoms with Gasteiger partial charge >= 0.3 is 0 Å². The third-order valence-corrected chi connectivity index (χ3v) is 13.0. The number of pyridine rings is 1. The summed E-state index contributed by atoms with van der Waals surface area (Å²) in [5, 5.41) is 2.31. The van der Waals surface area contributed by atoms with Crippen molar-refractivity contribution < 1.29 is 9.30 Å². The van der Waals surface area contributed by atoms with E-state index in [1.54, 1.807) is 0 Å². The van der Waals surface area contributed by atoms with Gasteiger partial charge in [-0.3, -0.25) is 13.7 Å². The second-order valence-electron chi connectivity index (χ2n) is 17.3. The molecule has 0 N–H and O–H groups in total. The first-order chi connectivity index (χ1) is 31.9. The van der Waals surface area contributed by atoms with Gasteiger partial charge in [0.2, 0.25) is 0 Å². The maximum Gasteiger partial charge on any atom is 0.269 e. The summed E-state index contributed by atoms with van der Waals surface area (Å²) in [5.74, 6) is 3.25. The molecule has 0 aliphatic heterocycles. The SMILES string of the molecule is Cc1cccc2c1[n+](-c1c(-c3ccccc3)cccc1-c1ccccc1)[c-]n2-c1cccc(Oc2ccc3c4cc(-c5ccccc5)ccc4n(-c4cc(C(C)C(C)C)ccn4)c3c2)c1. The van der Waals surface area contributed by atoms with Crippen LogP contribution in [-0.2, 0) is 0 Å². The second kappa shape index (κ2) is 16.6. The van der Waals surface area contributed by atoms with Crippen molar-refractivity contribution >= 4 is 32.8 Å². The van der Waals surface area contributed by atoms with Gasteiger partial charge in [0.1, 0.15) is 17.3 Å². The molecular weight excluding hydrogens is 793 g/mol. The molecule has 65 heavy (non-hydrogen) atoms. The first-order valence-corrected chi connectivity index (χ1v) is 22.5. The highest BCUT2D eigenvalue weighted by atomic mass is 16.5. The molecule has 1 atom stereocenters. The minimum atomic E-state index is 0.387. The number of hydrogen-bond acceptors (Lipinski definition) is 2. The Balaban J connectivity index is 1.03. The summed E-state index contributed by atoms with van der Waals surface area (Å²) in [5.41, 5.74) is 15.6. The highest BCUT2D eigenvalue weighted by molar-refractivity contribution is 6.10. The summed E-state index contributed by atoms with van der Waals surface area (Å²) < 4.78 is 13.5. The van der Waals surface area contributed by atoms with Crippen molar-refractivity contribution in [2.45, 2.75) is 33.6 Å². The van der Waals surface area contributed by atoms with Gasteiger partial charge in [0.15, 0.2) is 0 Å². The van der Waals surface area contributed by atoms with E-state index in [1.807, 2.05) is 12.3 Å². The number of hydrogen-bond donors (Lipinski definition) is 0. The number of para-hydroxylation sites is 2. The number of imidazole rings is 1. The Morgan fingerprint density at radius 2 is 1.18 bits per heavy atom. The van der Waals surface area contributed by atoms with E-state index < -0.39 is 0 Å². The van der Waals surface area contributed by atoms with Gasteiger partial charge in [-0.1, -0.05) is 160 Å². The van der Waals surface area contributed by atoms with Crippen LogP contribution >= 0.6 is 0 Å². The molecule has 0 radical (unpaired) electrons. The third kappa shape index (κ3) is 7.25. The Hall–Kier alpha value is -8.02. The molecular formula is C60H48N4O. The van der Waals surface area contributed by atoms with Gasteiger partial charge in [-0.05, 0) is 118 Å². The molecule has 0 saturated heterocycles. The molecule has 8 aromatic carbocycles. The Labute approximate surface area is 380 Å². The fourth-order valence-electron chi connectivity index (χ4n) is 9.33. The lowest BCUT2D eigenvalue weighted by molar-refractivity contribution is -0.571. The Bertz CT molecular complexity index is 3460. The maximum absolute atomic E-state index is 6.84. The molecule has 0 spiro atoms. The molecule has 0 aliphatic rings. The van der Waals surface area contributed by atoms with Crippen LogP contribution in [0.1, 0.15) is 37.8 Å². The van der Waals surface area contributed by atoms with Gasteiger partial charge in [-0.25, -0.2) is 4.98 Å². The summed E-state index contributed by atoms with van der Waals surface area (Å²) in [6.07, 6.45) is 5.79. The highest BCUT2D eigenvalue weighted by Gasteiger charge is 2.22. The minimum Gasteiger partial charge on any atom is -0.458 e. The number of nitrogens with zero attached hydrogens (tertiary/aromatic N) is 4. The van der Waals surface area contributed by atoms with Crippen LogP contribution in [0.5, 0.6) is 11.5 Å². The average Bonchev–Trinajstić information content (AvgIpc) is 3.91. The molecule has 5 nitrogen and oxygen atoms in total. The number of ether oxygens (including phenoxy) is 1. The molecule has 3 aromatic heterocycles. The predicted molar refractivity (Wildman–Crippen MR) is 267 cm³/mol. The molecule has 314 valence electrons. The monoisotopic (exact) mass is 840 g/mol. The van der Waals surface area contributed by atoms with Crippen molar-refractivity contribution in [2.75, 3.05) is 0 Å². The zero-order chi connectivity index (χ0) is 44.0. The number of aryl methyl sites for hydroxylation is 1. The first-order valence-electron chi connectivity index (χ1n) is 22.5. The smallest absolute Gasteiger partial charge is 0.269 e. The lowest BCUT2D eigenvalue weighted by atomic mass is 9.91. The van der Waals surface area contributed by atoms with Gasteiger partial charge in [0.25, 0.3) is 6.33 Å². The molecule has 0 amide bonds. The Morgan fingerprint density at radius 1 is 0.523 bits per heavy atom. The van der Waals surface area contributed by atoms with Crippen molar-refractivity contribution in [3.63, 3.8) is 0 Å². The van der Waals surface area contributed by atoms with Gasteiger partial charge in [-0.2, -0.15) is 0 Å². The molecule has 11 rings (SSSR count). The predicted octanol–water partition coefficient (Wildman–Crippen LogP) is 15.1. The lowest BCUT2D eigenvalue weighted by Crippen LogP contribution is -2.32. The van der Waals surface area contributed by atoms with Crippen LogP contribution < -0.4 is 9.30 Å². The quantitative estimate of drug-likeness (QED) is 0.102. The van der Waals surface area contributed by atoms with Gasteiger partial charge in [0.05, 0.1) is 33.4 Å². The van der Waals surface area contributed by atoms with Crippen molar-refractivity contribution in [3.05, 3.63) is 224 Å². The molecule has 0 bridgehead atoms. The maximum atomic E-state index is 6.84. The molecule has 11 aromatic rings. The highest BCUT2D eigenvalue weighted by Crippen LogP contribution is 2.39. The fourth-order valence-corrected chi connectivity index (χ4v) is 9.33. The van der Waals surface area contributed by atoms with Crippen molar-refractivity contribution in [1.82, 2.24) is 14.1 Å². The van der Waals surface area contributed by atoms with E-state index in [0.29, 0.717) is 11.8 Å². The molecule has 0 saturated carbocycles. The summed E-state index contributed by atoms with van der Waals surface area (Å²) >= 11 is 0. The van der Waals surface area contributed by atoms with E-state index in [2.05, 4.69) is 242 Å². The summed E-state index contributed by atoms with van der Waals surface area (Å²) in [7, 11) is 0. The van der Waals surface area contributed by atoms with E-state index >= 15 is 0 Å². The van der Waals surface area contributed by atoms with Crippen LogP contribution in [0.25, 0.3) is 83.4 Å². The lowest BCUT2D eigenvalue weighted by Gasteiger charge is -2.17. The topological polar surface area (TPSA) is 35.9 Å². The number of aromatic nitrogens is 4. The van der Waals surface area contributed by atoms with Crippen LogP contribution in [-0.4, -0.2) is 14.1 Å².